The van der Waals surface area contributed by atoms with Crippen LogP contribution in [0.1, 0.15) is 61.1 Å². The number of aliphatic hydroxyl groups is 1. The number of aliphatic hydroxyl groups excluding tert-OH is 1. The third kappa shape index (κ3) is 6.79. The first-order chi connectivity index (χ1) is 22.2. The Balaban J connectivity index is 1.43. The number of hydrogen-bond acceptors (Lipinski definition) is 8. The van der Waals surface area contributed by atoms with Gasteiger partial charge in [-0.25, -0.2) is 4.79 Å². The van der Waals surface area contributed by atoms with E-state index in [9.17, 15) is 19.8 Å². The van der Waals surface area contributed by atoms with Crippen molar-refractivity contribution in [3.8, 4) is 5.75 Å². The lowest BCUT2D eigenvalue weighted by Gasteiger charge is -2.46. The second kappa shape index (κ2) is 13.9. The molecule has 1 saturated carbocycles. The second-order valence-electron chi connectivity index (χ2n) is 13.5. The van der Waals surface area contributed by atoms with Crippen molar-refractivity contribution in [2.45, 2.75) is 68.6 Å². The molecule has 2 aromatic carbocycles. The SMILES string of the molecule is COC(=O)C1CC(O)N(C)CC/C=C/C(OCC(=O)O)[C@@H]2CC[C@H]2CN2C[C@@]3(CCCc4cc(Cl)ccc43)COc3ccc1cc32. The van der Waals surface area contributed by atoms with Gasteiger partial charge in [0.05, 0.1) is 31.4 Å². The second-order valence-corrected chi connectivity index (χ2v) is 13.9. The Morgan fingerprint density at radius 2 is 2.02 bits per heavy atom. The molecule has 2 heterocycles. The van der Waals surface area contributed by atoms with Crippen LogP contribution in [-0.2, 0) is 30.9 Å². The number of carboxylic acid groups (broad SMARTS) is 1. The summed E-state index contributed by atoms with van der Waals surface area (Å²) in [5.74, 6) is -0.822. The summed E-state index contributed by atoms with van der Waals surface area (Å²) in [5, 5.41) is 21.3. The fourth-order valence-electron chi connectivity index (χ4n) is 7.93. The summed E-state index contributed by atoms with van der Waals surface area (Å²) in [6.07, 6.45) is 8.61. The largest absolute Gasteiger partial charge is 0.490 e. The summed E-state index contributed by atoms with van der Waals surface area (Å²) in [7, 11) is 3.22. The zero-order valence-corrected chi connectivity index (χ0v) is 27.5. The summed E-state index contributed by atoms with van der Waals surface area (Å²) >= 11 is 6.44. The van der Waals surface area contributed by atoms with Crippen LogP contribution < -0.4 is 9.64 Å². The van der Waals surface area contributed by atoms with Crippen molar-refractivity contribution >= 4 is 29.2 Å². The predicted molar refractivity (Wildman–Crippen MR) is 176 cm³/mol. The molecule has 248 valence electrons. The highest BCUT2D eigenvalue weighted by Gasteiger charge is 2.44. The number of fused-ring (bicyclic) bond motifs is 4. The van der Waals surface area contributed by atoms with Crippen LogP contribution in [0, 0.1) is 11.8 Å². The molecule has 3 unspecified atom stereocenters. The first-order valence-corrected chi connectivity index (χ1v) is 16.8. The van der Waals surface area contributed by atoms with Gasteiger partial charge in [-0.05, 0) is 98.4 Å². The van der Waals surface area contributed by atoms with E-state index in [1.54, 1.807) is 0 Å². The number of rotatable bonds is 4. The number of halogens is 1. The van der Waals surface area contributed by atoms with Crippen LogP contribution in [0.15, 0.2) is 48.6 Å². The van der Waals surface area contributed by atoms with Gasteiger partial charge in [-0.2, -0.15) is 0 Å². The number of benzene rings is 2. The summed E-state index contributed by atoms with van der Waals surface area (Å²) in [4.78, 5) is 28.9. The van der Waals surface area contributed by atoms with Crippen molar-refractivity contribution < 1.29 is 34.0 Å². The van der Waals surface area contributed by atoms with E-state index in [2.05, 4.69) is 17.0 Å². The topological polar surface area (TPSA) is 109 Å². The van der Waals surface area contributed by atoms with Gasteiger partial charge in [-0.1, -0.05) is 35.9 Å². The van der Waals surface area contributed by atoms with E-state index in [1.807, 2.05) is 48.4 Å². The summed E-state index contributed by atoms with van der Waals surface area (Å²) in [5.41, 5.74) is 3.98. The first kappa shape index (κ1) is 32.8. The van der Waals surface area contributed by atoms with Gasteiger partial charge in [-0.15, -0.1) is 0 Å². The fourth-order valence-corrected chi connectivity index (χ4v) is 8.13. The van der Waals surface area contributed by atoms with Crippen LogP contribution in [0.3, 0.4) is 0 Å². The Morgan fingerprint density at radius 3 is 2.78 bits per heavy atom. The fraction of sp³-hybridized carbons (Fsp3) is 0.556. The maximum absolute atomic E-state index is 13.2. The van der Waals surface area contributed by atoms with E-state index in [1.165, 1.54) is 18.2 Å². The van der Waals surface area contributed by atoms with Crippen LogP contribution in [0.5, 0.6) is 5.75 Å². The molecule has 6 atom stereocenters. The van der Waals surface area contributed by atoms with E-state index < -0.39 is 18.1 Å². The average Bonchev–Trinajstić information content (AvgIpc) is 3.18. The molecular formula is C36H45ClN2O7. The average molecular weight is 653 g/mol. The Hall–Kier alpha value is -3.11. The molecule has 2 N–H and O–H groups in total. The van der Waals surface area contributed by atoms with Crippen LogP contribution in [-0.4, -0.2) is 86.4 Å². The maximum Gasteiger partial charge on any atom is 0.329 e. The molecular weight excluding hydrogens is 608 g/mol. The molecule has 2 bridgehead atoms. The molecule has 0 amide bonds. The van der Waals surface area contributed by atoms with Gasteiger partial charge in [0.25, 0.3) is 0 Å². The molecule has 1 spiro atoms. The Kier molecular flexibility index (Phi) is 9.94. The van der Waals surface area contributed by atoms with Gasteiger partial charge in [0.2, 0.25) is 0 Å². The molecule has 0 radical (unpaired) electrons. The van der Waals surface area contributed by atoms with Gasteiger partial charge in [0, 0.05) is 36.5 Å². The molecule has 2 aromatic rings. The summed E-state index contributed by atoms with van der Waals surface area (Å²) < 4.78 is 17.9. The zero-order chi connectivity index (χ0) is 32.4. The zero-order valence-electron chi connectivity index (χ0n) is 26.7. The number of nitrogens with zero attached hydrogens (tertiary/aromatic N) is 2. The number of aryl methyl sites for hydroxylation is 1. The third-order valence-corrected chi connectivity index (χ3v) is 10.9. The first-order valence-electron chi connectivity index (χ1n) is 16.4. The smallest absolute Gasteiger partial charge is 0.329 e. The van der Waals surface area contributed by atoms with Crippen LogP contribution in [0.4, 0.5) is 5.69 Å². The number of esters is 1. The molecule has 2 aliphatic heterocycles. The number of carboxylic acids is 1. The van der Waals surface area contributed by atoms with E-state index in [4.69, 9.17) is 25.8 Å². The van der Waals surface area contributed by atoms with E-state index in [0.717, 1.165) is 67.2 Å². The van der Waals surface area contributed by atoms with Gasteiger partial charge in [0.15, 0.2) is 0 Å². The lowest BCUT2D eigenvalue weighted by atomic mass is 9.68. The molecule has 0 aromatic heterocycles. The lowest BCUT2D eigenvalue weighted by Crippen LogP contribution is -2.49. The maximum atomic E-state index is 13.2. The highest BCUT2D eigenvalue weighted by atomic mass is 35.5. The van der Waals surface area contributed by atoms with Gasteiger partial charge < -0.3 is 29.3 Å². The minimum absolute atomic E-state index is 0.166. The molecule has 0 saturated heterocycles. The van der Waals surface area contributed by atoms with Gasteiger partial charge in [-0.3, -0.25) is 9.69 Å². The monoisotopic (exact) mass is 652 g/mol. The van der Waals surface area contributed by atoms with Gasteiger partial charge in [0.1, 0.15) is 18.6 Å². The summed E-state index contributed by atoms with van der Waals surface area (Å²) in [6.45, 7) is 2.20. The number of aliphatic carboxylic acids is 1. The number of ether oxygens (including phenoxy) is 3. The van der Waals surface area contributed by atoms with Crippen molar-refractivity contribution in [3.05, 3.63) is 70.3 Å². The number of hydrogen-bond donors (Lipinski definition) is 2. The molecule has 10 heteroatoms. The third-order valence-electron chi connectivity index (χ3n) is 10.6. The van der Waals surface area contributed by atoms with Crippen molar-refractivity contribution in [2.24, 2.45) is 11.8 Å². The van der Waals surface area contributed by atoms with Crippen LogP contribution >= 0.6 is 11.6 Å². The standard InChI is InChI=1S/C36H45ClN2O7/c1-38-15-4-3-7-31(45-20-34(41)42)27-11-8-25(27)19-39-21-36(14-5-6-24-16-26(37)10-12-29(24)36)22-46-32-13-9-23(17-30(32)39)28(18-33(38)40)35(43)44-2/h3,7,9-10,12-13,16-17,25,27-28,31,33,40H,4-6,8,11,14-15,18-22H2,1-2H3,(H,41,42)/b7-3+/t25-,27+,28?,31?,33?,36-/m0/s1. The minimum Gasteiger partial charge on any atom is -0.490 e. The number of anilines is 1. The number of carbonyl (C=O) groups excluding carboxylic acids is 1. The molecule has 1 fully saturated rings. The Morgan fingerprint density at radius 1 is 1.17 bits per heavy atom. The highest BCUT2D eigenvalue weighted by Crippen LogP contribution is 2.47. The lowest BCUT2D eigenvalue weighted by molar-refractivity contribution is -0.146. The normalized spacial score (nSPS) is 30.6. The molecule has 9 nitrogen and oxygen atoms in total. The minimum atomic E-state index is -0.983. The molecule has 6 rings (SSSR count). The number of methoxy groups -OCH3 is 1. The van der Waals surface area contributed by atoms with E-state index in [-0.39, 0.29) is 42.4 Å². The predicted octanol–water partition coefficient (Wildman–Crippen LogP) is 5.17. The number of carbonyl (C=O) groups is 2. The molecule has 46 heavy (non-hydrogen) atoms. The quantitative estimate of drug-likeness (QED) is 0.342. The Bertz CT molecular complexity index is 1470. The van der Waals surface area contributed by atoms with Gasteiger partial charge >= 0.3 is 11.9 Å². The Labute approximate surface area is 276 Å². The van der Waals surface area contributed by atoms with E-state index >= 15 is 0 Å². The summed E-state index contributed by atoms with van der Waals surface area (Å²) in [6, 6.07) is 12.1. The molecule has 2 aliphatic carbocycles. The van der Waals surface area contributed by atoms with Crippen molar-refractivity contribution in [1.29, 1.82) is 0 Å². The van der Waals surface area contributed by atoms with Crippen molar-refractivity contribution in [2.75, 3.05) is 51.9 Å². The van der Waals surface area contributed by atoms with Crippen LogP contribution in [0.25, 0.3) is 0 Å². The highest BCUT2D eigenvalue weighted by molar-refractivity contribution is 6.30. The van der Waals surface area contributed by atoms with E-state index in [0.29, 0.717) is 19.6 Å². The molecule has 4 aliphatic rings. The van der Waals surface area contributed by atoms with Crippen molar-refractivity contribution in [1.82, 2.24) is 4.90 Å². The van der Waals surface area contributed by atoms with Crippen molar-refractivity contribution in [3.63, 3.8) is 0 Å². The van der Waals surface area contributed by atoms with Crippen LogP contribution in [0.2, 0.25) is 5.02 Å².